The number of carbonyl (C=O) groups is 1. The number of carboxylic acids is 1. The summed E-state index contributed by atoms with van der Waals surface area (Å²) in [5.74, 6) is -1.45. The van der Waals surface area contributed by atoms with Crippen LogP contribution in [0.2, 0.25) is 11.3 Å². The van der Waals surface area contributed by atoms with E-state index >= 15 is 0 Å². The maximum absolute atomic E-state index is 11.8. The SMILES string of the molecule is NC1(c2cc3c(cc2Cl)CC(CCCB(O)O)[C@@H]3C(=O)O)CCC1. The number of carboxylic acid groups (broad SMARTS) is 1. The summed E-state index contributed by atoms with van der Waals surface area (Å²) in [6, 6.07) is 3.80. The minimum atomic E-state index is -1.34. The molecule has 130 valence electrons. The van der Waals surface area contributed by atoms with Gasteiger partial charge >= 0.3 is 13.1 Å². The predicted octanol–water partition coefficient (Wildman–Crippen LogP) is 2.27. The van der Waals surface area contributed by atoms with E-state index in [0.29, 0.717) is 24.3 Å². The Labute approximate surface area is 147 Å². The topological polar surface area (TPSA) is 104 Å². The zero-order chi connectivity index (χ0) is 17.5. The lowest BCUT2D eigenvalue weighted by molar-refractivity contribution is -0.139. The quantitative estimate of drug-likeness (QED) is 0.589. The van der Waals surface area contributed by atoms with E-state index in [4.69, 9.17) is 27.4 Å². The summed E-state index contributed by atoms with van der Waals surface area (Å²) in [4.78, 5) is 11.8. The highest BCUT2D eigenvalue weighted by Crippen LogP contribution is 2.47. The van der Waals surface area contributed by atoms with Crippen molar-refractivity contribution in [2.75, 3.05) is 0 Å². The van der Waals surface area contributed by atoms with E-state index < -0.39 is 24.5 Å². The number of halogens is 1. The first-order valence-electron chi connectivity index (χ1n) is 8.52. The summed E-state index contributed by atoms with van der Waals surface area (Å²) in [7, 11) is -1.34. The van der Waals surface area contributed by atoms with Gasteiger partial charge in [0.2, 0.25) is 0 Å². The van der Waals surface area contributed by atoms with Gasteiger partial charge in [-0.25, -0.2) is 0 Å². The minimum absolute atomic E-state index is 0.0438. The molecule has 2 atom stereocenters. The monoisotopic (exact) mass is 351 g/mol. The molecule has 0 amide bonds. The van der Waals surface area contributed by atoms with Crippen molar-refractivity contribution in [3.8, 4) is 0 Å². The van der Waals surface area contributed by atoms with E-state index in [2.05, 4.69) is 0 Å². The van der Waals surface area contributed by atoms with Crippen LogP contribution in [-0.2, 0) is 16.8 Å². The fourth-order valence-corrected chi connectivity index (χ4v) is 4.50. The van der Waals surface area contributed by atoms with Crippen molar-refractivity contribution in [2.45, 2.75) is 56.3 Å². The Morgan fingerprint density at radius 1 is 1.38 bits per heavy atom. The van der Waals surface area contributed by atoms with Crippen LogP contribution in [0.25, 0.3) is 0 Å². The minimum Gasteiger partial charge on any atom is -0.481 e. The van der Waals surface area contributed by atoms with E-state index in [0.717, 1.165) is 36.0 Å². The fraction of sp³-hybridized carbons (Fsp3) is 0.588. The van der Waals surface area contributed by atoms with Gasteiger partial charge < -0.3 is 20.9 Å². The average Bonchev–Trinajstić information content (AvgIpc) is 2.80. The zero-order valence-corrected chi connectivity index (χ0v) is 14.3. The number of aliphatic carboxylic acids is 1. The standard InChI is InChI=1S/C17H23BClNO4/c19-14-8-11-7-10(3-1-6-18(23)24)15(16(21)22)12(11)9-13(14)17(20)4-2-5-17/h8-10,15,23-24H,1-7,20H2,(H,21,22)/t10?,15-/m0/s1. The smallest absolute Gasteiger partial charge is 0.451 e. The molecule has 1 aromatic rings. The van der Waals surface area contributed by atoms with Gasteiger partial charge in [-0.05, 0) is 67.1 Å². The third-order valence-electron chi connectivity index (χ3n) is 5.60. The molecule has 24 heavy (non-hydrogen) atoms. The van der Waals surface area contributed by atoms with Crippen LogP contribution in [0.4, 0.5) is 0 Å². The Balaban J connectivity index is 1.87. The number of hydrogen-bond donors (Lipinski definition) is 4. The van der Waals surface area contributed by atoms with Gasteiger partial charge in [-0.1, -0.05) is 24.1 Å². The third-order valence-corrected chi connectivity index (χ3v) is 5.92. The van der Waals surface area contributed by atoms with E-state index in [1.165, 1.54) is 0 Å². The van der Waals surface area contributed by atoms with Crippen molar-refractivity contribution in [3.05, 3.63) is 33.8 Å². The maximum Gasteiger partial charge on any atom is 0.451 e. The van der Waals surface area contributed by atoms with Gasteiger partial charge in [0, 0.05) is 10.6 Å². The Morgan fingerprint density at radius 3 is 2.62 bits per heavy atom. The van der Waals surface area contributed by atoms with Crippen LogP contribution in [-0.4, -0.2) is 28.2 Å². The summed E-state index contributed by atoms with van der Waals surface area (Å²) < 4.78 is 0. The van der Waals surface area contributed by atoms with Gasteiger partial charge in [0.05, 0.1) is 5.92 Å². The number of benzene rings is 1. The molecular weight excluding hydrogens is 328 g/mol. The average molecular weight is 352 g/mol. The zero-order valence-electron chi connectivity index (χ0n) is 13.5. The molecule has 7 heteroatoms. The second kappa shape index (κ2) is 6.67. The number of fused-ring (bicyclic) bond motifs is 1. The van der Waals surface area contributed by atoms with Crippen molar-refractivity contribution in [3.63, 3.8) is 0 Å². The molecular formula is C17H23BClNO4. The molecule has 1 aromatic carbocycles. The molecule has 3 rings (SSSR count). The Hall–Kier alpha value is -1.08. The Morgan fingerprint density at radius 2 is 2.08 bits per heavy atom. The maximum atomic E-state index is 11.8. The van der Waals surface area contributed by atoms with E-state index in [-0.39, 0.29) is 12.2 Å². The highest BCUT2D eigenvalue weighted by molar-refractivity contribution is 6.40. The van der Waals surface area contributed by atoms with Gasteiger partial charge in [-0.3, -0.25) is 4.79 Å². The van der Waals surface area contributed by atoms with E-state index in [9.17, 15) is 9.90 Å². The van der Waals surface area contributed by atoms with E-state index in [1.54, 1.807) is 0 Å². The van der Waals surface area contributed by atoms with Gasteiger partial charge in [0.25, 0.3) is 0 Å². The number of nitrogens with two attached hydrogens (primary N) is 1. The lowest BCUT2D eigenvalue weighted by atomic mass is 9.72. The van der Waals surface area contributed by atoms with Crippen molar-refractivity contribution >= 4 is 24.7 Å². The molecule has 0 radical (unpaired) electrons. The lowest BCUT2D eigenvalue weighted by Gasteiger charge is -2.39. The first-order chi connectivity index (χ1) is 11.3. The van der Waals surface area contributed by atoms with Crippen molar-refractivity contribution in [1.82, 2.24) is 0 Å². The highest BCUT2D eigenvalue weighted by atomic mass is 35.5. The van der Waals surface area contributed by atoms with Gasteiger partial charge in [-0.15, -0.1) is 0 Å². The Kier molecular flexibility index (Phi) is 4.93. The molecule has 1 unspecified atom stereocenters. The summed E-state index contributed by atoms with van der Waals surface area (Å²) in [6.45, 7) is 0. The lowest BCUT2D eigenvalue weighted by Crippen LogP contribution is -2.43. The first kappa shape index (κ1) is 17.7. The summed E-state index contributed by atoms with van der Waals surface area (Å²) in [6.07, 6.45) is 4.97. The number of rotatable bonds is 6. The summed E-state index contributed by atoms with van der Waals surface area (Å²) in [5, 5.41) is 28.3. The van der Waals surface area contributed by atoms with E-state index in [1.807, 2.05) is 12.1 Å². The largest absolute Gasteiger partial charge is 0.481 e. The third kappa shape index (κ3) is 3.20. The van der Waals surface area contributed by atoms with Crippen LogP contribution in [0.15, 0.2) is 12.1 Å². The van der Waals surface area contributed by atoms with Crippen molar-refractivity contribution in [2.24, 2.45) is 11.7 Å². The van der Waals surface area contributed by atoms with Gasteiger partial charge in [0.1, 0.15) is 0 Å². The van der Waals surface area contributed by atoms with Crippen LogP contribution >= 0.6 is 11.6 Å². The first-order valence-corrected chi connectivity index (χ1v) is 8.90. The predicted molar refractivity (Wildman–Crippen MR) is 93.0 cm³/mol. The molecule has 2 aliphatic carbocycles. The number of hydrogen-bond acceptors (Lipinski definition) is 4. The van der Waals surface area contributed by atoms with Crippen LogP contribution < -0.4 is 5.73 Å². The van der Waals surface area contributed by atoms with Gasteiger partial charge in [-0.2, -0.15) is 0 Å². The van der Waals surface area contributed by atoms with Gasteiger partial charge in [0.15, 0.2) is 0 Å². The van der Waals surface area contributed by atoms with Crippen LogP contribution in [0.1, 0.15) is 54.7 Å². The summed E-state index contributed by atoms with van der Waals surface area (Å²) in [5.41, 5.74) is 8.65. The molecule has 0 aliphatic heterocycles. The highest BCUT2D eigenvalue weighted by Gasteiger charge is 2.41. The molecule has 0 bridgehead atoms. The summed E-state index contributed by atoms with van der Waals surface area (Å²) >= 11 is 6.43. The van der Waals surface area contributed by atoms with Crippen LogP contribution in [0.3, 0.4) is 0 Å². The molecule has 5 nitrogen and oxygen atoms in total. The van der Waals surface area contributed by atoms with Crippen LogP contribution in [0.5, 0.6) is 0 Å². The second-order valence-corrected chi connectivity index (χ2v) is 7.64. The molecule has 0 aromatic heterocycles. The van der Waals surface area contributed by atoms with Crippen LogP contribution in [0, 0.1) is 5.92 Å². The molecule has 5 N–H and O–H groups in total. The molecule has 1 fully saturated rings. The van der Waals surface area contributed by atoms with Crippen molar-refractivity contribution < 1.29 is 19.9 Å². The van der Waals surface area contributed by atoms with Crippen molar-refractivity contribution in [1.29, 1.82) is 0 Å². The fourth-order valence-electron chi connectivity index (χ4n) is 4.13. The molecule has 2 aliphatic rings. The molecule has 0 saturated heterocycles. The molecule has 1 saturated carbocycles. The molecule has 0 heterocycles. The second-order valence-electron chi connectivity index (χ2n) is 7.23. The normalized spacial score (nSPS) is 24.3. The molecule has 0 spiro atoms. The Bertz CT molecular complexity index is 648.